The molecule has 0 aromatic carbocycles. The molecule has 116 valence electrons. The molecule has 0 unspecified atom stereocenters. The van der Waals surface area contributed by atoms with Crippen LogP contribution in [-0.2, 0) is 25.9 Å². The van der Waals surface area contributed by atoms with Gasteiger partial charge in [0.1, 0.15) is 11.6 Å². The third-order valence-electron chi connectivity index (χ3n) is 4.80. The zero-order chi connectivity index (χ0) is 14.8. The second-order valence-corrected chi connectivity index (χ2v) is 6.49. The van der Waals surface area contributed by atoms with Crippen LogP contribution in [0.1, 0.15) is 43.0 Å². The molecule has 0 amide bonds. The Hall–Kier alpha value is -1.75. The minimum absolute atomic E-state index is 0.506. The number of fused-ring (bicyclic) bond motifs is 1. The first kappa shape index (κ1) is 13.9. The number of hydrogen-bond acceptors (Lipinski definition) is 4. The molecule has 3 heterocycles. The Morgan fingerprint density at radius 1 is 1.23 bits per heavy atom. The minimum Gasteiger partial charge on any atom is -0.314 e. The van der Waals surface area contributed by atoms with Crippen LogP contribution in [0, 0.1) is 5.92 Å². The van der Waals surface area contributed by atoms with Crippen LogP contribution < -0.4 is 5.32 Å². The fraction of sp³-hybridized carbons (Fsp3) is 0.588. The molecule has 0 spiro atoms. The molecular weight excluding hydrogens is 274 g/mol. The van der Waals surface area contributed by atoms with Crippen LogP contribution in [0.15, 0.2) is 24.4 Å². The van der Waals surface area contributed by atoms with Crippen molar-refractivity contribution in [3.63, 3.8) is 0 Å². The number of rotatable bonds is 6. The summed E-state index contributed by atoms with van der Waals surface area (Å²) < 4.78 is 2.31. The highest BCUT2D eigenvalue weighted by Crippen LogP contribution is 2.34. The molecule has 4 rings (SSSR count). The van der Waals surface area contributed by atoms with Crippen molar-refractivity contribution >= 4 is 0 Å². The van der Waals surface area contributed by atoms with Gasteiger partial charge in [0.05, 0.1) is 6.54 Å². The average molecular weight is 297 g/mol. The number of aromatic nitrogens is 4. The predicted octanol–water partition coefficient (Wildman–Crippen LogP) is 2.12. The van der Waals surface area contributed by atoms with Crippen molar-refractivity contribution in [1.29, 1.82) is 0 Å². The molecular formula is C17H23N5. The molecule has 0 bridgehead atoms. The first-order valence-electron chi connectivity index (χ1n) is 8.44. The number of nitrogens with one attached hydrogen (secondary N) is 1. The molecule has 1 saturated carbocycles. The van der Waals surface area contributed by atoms with E-state index in [0.717, 1.165) is 43.5 Å². The largest absolute Gasteiger partial charge is 0.314 e. The molecule has 1 N–H and O–H groups in total. The summed E-state index contributed by atoms with van der Waals surface area (Å²) in [6, 6.07) is 6.68. The second-order valence-electron chi connectivity index (χ2n) is 6.49. The Bertz CT molecular complexity index is 617. The highest BCUT2D eigenvalue weighted by atomic mass is 15.3. The van der Waals surface area contributed by atoms with E-state index in [1.54, 1.807) is 0 Å². The summed E-state index contributed by atoms with van der Waals surface area (Å²) >= 11 is 0. The Morgan fingerprint density at radius 3 is 3.00 bits per heavy atom. The molecule has 1 fully saturated rings. The van der Waals surface area contributed by atoms with E-state index < -0.39 is 0 Å². The molecule has 2 aliphatic rings. The van der Waals surface area contributed by atoms with E-state index in [0.29, 0.717) is 6.04 Å². The molecule has 0 radical (unpaired) electrons. The molecule has 1 aliphatic carbocycles. The third kappa shape index (κ3) is 3.04. The second kappa shape index (κ2) is 6.16. The number of hydrogen-bond donors (Lipinski definition) is 1. The molecule has 1 aliphatic heterocycles. The van der Waals surface area contributed by atoms with Crippen molar-refractivity contribution < 1.29 is 0 Å². The van der Waals surface area contributed by atoms with Crippen LogP contribution in [0.3, 0.4) is 0 Å². The molecule has 0 saturated heterocycles. The first-order valence-corrected chi connectivity index (χ1v) is 8.44. The van der Waals surface area contributed by atoms with E-state index in [9.17, 15) is 0 Å². The van der Waals surface area contributed by atoms with Crippen LogP contribution in [0.5, 0.6) is 0 Å². The molecule has 22 heavy (non-hydrogen) atoms. The summed E-state index contributed by atoms with van der Waals surface area (Å²) in [4.78, 5) is 4.47. The van der Waals surface area contributed by atoms with E-state index in [1.807, 2.05) is 12.3 Å². The molecule has 5 heteroatoms. The van der Waals surface area contributed by atoms with E-state index in [2.05, 4.69) is 37.2 Å². The van der Waals surface area contributed by atoms with E-state index >= 15 is 0 Å². The van der Waals surface area contributed by atoms with Crippen LogP contribution in [0.4, 0.5) is 0 Å². The number of nitrogens with zero attached hydrogens (tertiary/aromatic N) is 4. The van der Waals surface area contributed by atoms with Crippen LogP contribution in [0.25, 0.3) is 0 Å². The van der Waals surface area contributed by atoms with Gasteiger partial charge in [-0.1, -0.05) is 6.07 Å². The molecule has 2 aromatic heterocycles. The van der Waals surface area contributed by atoms with Crippen molar-refractivity contribution in [3.8, 4) is 0 Å². The summed E-state index contributed by atoms with van der Waals surface area (Å²) in [6.45, 7) is 1.90. The topological polar surface area (TPSA) is 55.6 Å². The van der Waals surface area contributed by atoms with Gasteiger partial charge >= 0.3 is 0 Å². The summed E-state index contributed by atoms with van der Waals surface area (Å²) in [5.41, 5.74) is 1.18. The predicted molar refractivity (Wildman–Crippen MR) is 84.3 cm³/mol. The quantitative estimate of drug-likeness (QED) is 0.887. The smallest absolute Gasteiger partial charge is 0.147 e. The van der Waals surface area contributed by atoms with Gasteiger partial charge in [0, 0.05) is 37.3 Å². The highest BCUT2D eigenvalue weighted by molar-refractivity contribution is 5.07. The third-order valence-corrected chi connectivity index (χ3v) is 4.80. The highest BCUT2D eigenvalue weighted by Gasteiger charge is 2.31. The van der Waals surface area contributed by atoms with Crippen molar-refractivity contribution in [2.24, 2.45) is 5.92 Å². The maximum absolute atomic E-state index is 4.47. The molecule has 5 nitrogen and oxygen atoms in total. The van der Waals surface area contributed by atoms with Gasteiger partial charge in [-0.05, 0) is 43.7 Å². The van der Waals surface area contributed by atoms with Gasteiger partial charge in [-0.25, -0.2) is 0 Å². The lowest BCUT2D eigenvalue weighted by Crippen LogP contribution is -2.34. The van der Waals surface area contributed by atoms with Gasteiger partial charge in [0.2, 0.25) is 0 Å². The monoisotopic (exact) mass is 297 g/mol. The van der Waals surface area contributed by atoms with Crippen molar-refractivity contribution in [2.75, 3.05) is 0 Å². The van der Waals surface area contributed by atoms with Gasteiger partial charge in [-0.15, -0.1) is 10.2 Å². The van der Waals surface area contributed by atoms with E-state index in [1.165, 1.54) is 31.4 Å². The summed E-state index contributed by atoms with van der Waals surface area (Å²) in [7, 11) is 0. The summed E-state index contributed by atoms with van der Waals surface area (Å²) in [5.74, 6) is 3.06. The Balaban J connectivity index is 1.41. The standard InChI is InChI=1S/C17H23N5/c1-3-9-18-14(5-1)11-15(13-7-8-13)19-12-17-21-20-16-6-2-4-10-22(16)17/h1,3,5,9,13,15,19H,2,4,6-8,10-12H2/t15-/m1/s1. The van der Waals surface area contributed by atoms with E-state index in [-0.39, 0.29) is 0 Å². The Labute approximate surface area is 131 Å². The van der Waals surface area contributed by atoms with Crippen LogP contribution in [-0.4, -0.2) is 25.8 Å². The normalized spacial score (nSPS) is 18.9. The zero-order valence-corrected chi connectivity index (χ0v) is 12.9. The van der Waals surface area contributed by atoms with Crippen molar-refractivity contribution in [2.45, 2.75) is 57.7 Å². The SMILES string of the molecule is c1ccc(C[C@@H](NCc2nnc3n2CCCC3)C2CC2)nc1. The maximum Gasteiger partial charge on any atom is 0.147 e. The number of aryl methyl sites for hydroxylation is 1. The Morgan fingerprint density at radius 2 is 2.18 bits per heavy atom. The average Bonchev–Trinajstić information content (AvgIpc) is 3.33. The lowest BCUT2D eigenvalue weighted by atomic mass is 10.1. The Kier molecular flexibility index (Phi) is 3.89. The van der Waals surface area contributed by atoms with E-state index in [4.69, 9.17) is 0 Å². The minimum atomic E-state index is 0.506. The van der Waals surface area contributed by atoms with Crippen molar-refractivity contribution in [3.05, 3.63) is 41.7 Å². The fourth-order valence-electron chi connectivity index (χ4n) is 3.37. The van der Waals surface area contributed by atoms with Gasteiger partial charge in [-0.2, -0.15) is 0 Å². The van der Waals surface area contributed by atoms with Crippen molar-refractivity contribution in [1.82, 2.24) is 25.1 Å². The lowest BCUT2D eigenvalue weighted by Gasteiger charge is -2.19. The van der Waals surface area contributed by atoms with Gasteiger partial charge in [0.25, 0.3) is 0 Å². The van der Waals surface area contributed by atoms with Gasteiger partial charge < -0.3 is 9.88 Å². The van der Waals surface area contributed by atoms with Crippen LogP contribution >= 0.6 is 0 Å². The number of pyridine rings is 1. The summed E-state index contributed by atoms with van der Waals surface area (Å²) in [5, 5.41) is 12.5. The lowest BCUT2D eigenvalue weighted by molar-refractivity contribution is 0.432. The fourth-order valence-corrected chi connectivity index (χ4v) is 3.37. The van der Waals surface area contributed by atoms with Crippen LogP contribution in [0.2, 0.25) is 0 Å². The maximum atomic E-state index is 4.47. The van der Waals surface area contributed by atoms with Gasteiger partial charge in [-0.3, -0.25) is 4.98 Å². The first-order chi connectivity index (χ1) is 10.9. The van der Waals surface area contributed by atoms with Gasteiger partial charge in [0.15, 0.2) is 0 Å². The summed E-state index contributed by atoms with van der Waals surface area (Å²) in [6.07, 6.45) is 9.13. The zero-order valence-electron chi connectivity index (χ0n) is 12.9. The molecule has 2 aromatic rings. The molecule has 1 atom stereocenters.